The van der Waals surface area contributed by atoms with Crippen LogP contribution in [-0.2, 0) is 4.79 Å². The molecule has 1 aliphatic carbocycles. The van der Waals surface area contributed by atoms with Gasteiger partial charge in [0.05, 0.1) is 11.0 Å². The van der Waals surface area contributed by atoms with E-state index in [1.54, 1.807) is 0 Å². The zero-order valence-corrected chi connectivity index (χ0v) is 8.62. The number of alkyl halides is 2. The summed E-state index contributed by atoms with van der Waals surface area (Å²) in [5.41, 5.74) is -1.49. The van der Waals surface area contributed by atoms with E-state index in [-0.39, 0.29) is 12.0 Å². The van der Waals surface area contributed by atoms with Crippen LogP contribution in [-0.4, -0.2) is 21.0 Å². The molecule has 0 radical (unpaired) electrons. The minimum absolute atomic E-state index is 0.0988. The Balaban J connectivity index is 2.23. The molecule has 0 saturated heterocycles. The Kier molecular flexibility index (Phi) is 2.86. The first-order valence-electron chi connectivity index (χ1n) is 4.99. The Labute approximate surface area is 94.4 Å². The van der Waals surface area contributed by atoms with Crippen molar-refractivity contribution in [2.24, 2.45) is 5.92 Å². The molecule has 0 bridgehead atoms. The first kappa shape index (κ1) is 11.6. The maximum Gasteiger partial charge on any atom is 0.316 e. The number of rotatable bonds is 4. The quantitative estimate of drug-likeness (QED) is 0.461. The van der Waals surface area contributed by atoms with Gasteiger partial charge in [-0.15, -0.1) is 0 Å². The third-order valence-electron chi connectivity index (χ3n) is 2.86. The number of carbonyl (C=O) groups is 1. The summed E-state index contributed by atoms with van der Waals surface area (Å²) in [5.74, 6) is -0.0988. The molecule has 1 fully saturated rings. The van der Waals surface area contributed by atoms with E-state index in [2.05, 4.69) is 5.10 Å². The van der Waals surface area contributed by atoms with Crippen molar-refractivity contribution in [2.75, 3.05) is 0 Å². The fourth-order valence-electron chi connectivity index (χ4n) is 1.84. The molecule has 1 saturated carbocycles. The maximum absolute atomic E-state index is 12.5. The SMILES string of the molecule is O=CC1CC(n2cc([N+](=O)[O-])c(C(F)F)n2)C1. The van der Waals surface area contributed by atoms with Crippen molar-refractivity contribution in [1.29, 1.82) is 0 Å². The number of nitrogens with zero attached hydrogens (tertiary/aromatic N) is 3. The number of hydrogen-bond acceptors (Lipinski definition) is 4. The lowest BCUT2D eigenvalue weighted by molar-refractivity contribution is -0.386. The summed E-state index contributed by atoms with van der Waals surface area (Å²) in [5, 5.41) is 14.1. The lowest BCUT2D eigenvalue weighted by Crippen LogP contribution is -2.28. The molecule has 0 aliphatic heterocycles. The van der Waals surface area contributed by atoms with Gasteiger partial charge in [-0.05, 0) is 12.8 Å². The normalized spacial score (nSPS) is 23.5. The lowest BCUT2D eigenvalue weighted by atomic mass is 9.81. The van der Waals surface area contributed by atoms with E-state index >= 15 is 0 Å². The number of aromatic nitrogens is 2. The third kappa shape index (κ3) is 2.02. The summed E-state index contributed by atoms with van der Waals surface area (Å²) < 4.78 is 26.2. The van der Waals surface area contributed by atoms with Gasteiger partial charge in [-0.2, -0.15) is 5.10 Å². The third-order valence-corrected chi connectivity index (χ3v) is 2.86. The van der Waals surface area contributed by atoms with E-state index in [4.69, 9.17) is 0 Å². The topological polar surface area (TPSA) is 78.0 Å². The molecule has 1 aromatic heterocycles. The second kappa shape index (κ2) is 4.19. The van der Waals surface area contributed by atoms with Crippen LogP contribution in [0.5, 0.6) is 0 Å². The number of aldehydes is 1. The van der Waals surface area contributed by atoms with Crippen LogP contribution in [0.2, 0.25) is 0 Å². The molecular weight excluding hydrogens is 236 g/mol. The first-order chi connectivity index (χ1) is 8.02. The zero-order valence-electron chi connectivity index (χ0n) is 8.62. The fourth-order valence-corrected chi connectivity index (χ4v) is 1.84. The summed E-state index contributed by atoms with van der Waals surface area (Å²) in [7, 11) is 0. The van der Waals surface area contributed by atoms with Crippen molar-refractivity contribution in [3.05, 3.63) is 22.0 Å². The molecule has 0 spiro atoms. The van der Waals surface area contributed by atoms with Gasteiger partial charge >= 0.3 is 5.69 Å². The van der Waals surface area contributed by atoms with Crippen molar-refractivity contribution in [1.82, 2.24) is 9.78 Å². The van der Waals surface area contributed by atoms with Gasteiger partial charge in [-0.3, -0.25) is 14.8 Å². The molecule has 6 nitrogen and oxygen atoms in total. The van der Waals surface area contributed by atoms with E-state index in [1.165, 1.54) is 4.68 Å². The monoisotopic (exact) mass is 245 g/mol. The van der Waals surface area contributed by atoms with E-state index < -0.39 is 22.7 Å². The van der Waals surface area contributed by atoms with Crippen LogP contribution in [0.25, 0.3) is 0 Å². The predicted molar refractivity (Wildman–Crippen MR) is 51.7 cm³/mol. The number of hydrogen-bond donors (Lipinski definition) is 0. The van der Waals surface area contributed by atoms with Crippen LogP contribution in [0.1, 0.15) is 31.0 Å². The van der Waals surface area contributed by atoms with Crippen LogP contribution in [0, 0.1) is 16.0 Å². The Morgan fingerprint density at radius 1 is 1.59 bits per heavy atom. The molecule has 8 heteroatoms. The van der Waals surface area contributed by atoms with Crippen molar-refractivity contribution in [2.45, 2.75) is 25.3 Å². The Hall–Kier alpha value is -1.86. The highest BCUT2D eigenvalue weighted by molar-refractivity contribution is 5.55. The highest BCUT2D eigenvalue weighted by atomic mass is 19.3. The Morgan fingerprint density at radius 3 is 2.65 bits per heavy atom. The van der Waals surface area contributed by atoms with Gasteiger partial charge in [-0.25, -0.2) is 8.78 Å². The van der Waals surface area contributed by atoms with Crippen molar-refractivity contribution in [3.63, 3.8) is 0 Å². The van der Waals surface area contributed by atoms with Crippen LogP contribution in [0.3, 0.4) is 0 Å². The minimum Gasteiger partial charge on any atom is -0.303 e. The Bertz CT molecular complexity index is 454. The fraction of sp³-hybridized carbons (Fsp3) is 0.556. The van der Waals surface area contributed by atoms with Crippen molar-refractivity contribution in [3.8, 4) is 0 Å². The molecule has 0 N–H and O–H groups in total. The van der Waals surface area contributed by atoms with E-state index in [0.29, 0.717) is 12.8 Å². The number of carbonyl (C=O) groups excluding carboxylic acids is 1. The van der Waals surface area contributed by atoms with Crippen LogP contribution in [0.15, 0.2) is 6.20 Å². The molecule has 92 valence electrons. The summed E-state index contributed by atoms with van der Waals surface area (Å²) in [4.78, 5) is 20.1. The molecule has 2 rings (SSSR count). The molecule has 1 heterocycles. The Morgan fingerprint density at radius 2 is 2.24 bits per heavy atom. The highest BCUT2D eigenvalue weighted by Crippen LogP contribution is 2.38. The maximum atomic E-state index is 12.5. The molecule has 1 aromatic rings. The summed E-state index contributed by atoms with van der Waals surface area (Å²) in [6.45, 7) is 0. The van der Waals surface area contributed by atoms with Gasteiger partial charge < -0.3 is 4.79 Å². The van der Waals surface area contributed by atoms with Crippen molar-refractivity contribution >= 4 is 12.0 Å². The summed E-state index contributed by atoms with van der Waals surface area (Å²) in [6, 6.07) is -0.198. The summed E-state index contributed by atoms with van der Waals surface area (Å²) >= 11 is 0. The minimum atomic E-state index is -2.97. The van der Waals surface area contributed by atoms with Gasteiger partial charge in [0.25, 0.3) is 6.43 Å². The first-order valence-corrected chi connectivity index (χ1v) is 4.99. The van der Waals surface area contributed by atoms with Gasteiger partial charge in [0, 0.05) is 5.92 Å². The average molecular weight is 245 g/mol. The van der Waals surface area contributed by atoms with Gasteiger partial charge in [0.2, 0.25) is 5.69 Å². The van der Waals surface area contributed by atoms with Crippen LogP contribution >= 0.6 is 0 Å². The molecule has 17 heavy (non-hydrogen) atoms. The van der Waals surface area contributed by atoms with Crippen molar-refractivity contribution < 1.29 is 18.5 Å². The average Bonchev–Trinajstić information content (AvgIpc) is 2.61. The smallest absolute Gasteiger partial charge is 0.303 e. The van der Waals surface area contributed by atoms with Gasteiger partial charge in [0.1, 0.15) is 12.5 Å². The van der Waals surface area contributed by atoms with E-state index in [9.17, 15) is 23.7 Å². The molecule has 0 unspecified atom stereocenters. The number of nitro groups is 1. The van der Waals surface area contributed by atoms with Crippen LogP contribution in [0.4, 0.5) is 14.5 Å². The molecule has 0 atom stereocenters. The highest BCUT2D eigenvalue weighted by Gasteiger charge is 2.34. The standard InChI is InChI=1S/C9H9F2N3O3/c10-9(11)8-7(14(16)17)3-13(12-8)6-1-5(2-6)4-15/h3-6,9H,1-2H2. The van der Waals surface area contributed by atoms with E-state index in [1.807, 2.05) is 0 Å². The zero-order chi connectivity index (χ0) is 12.6. The lowest BCUT2D eigenvalue weighted by Gasteiger charge is -2.31. The van der Waals surface area contributed by atoms with E-state index in [0.717, 1.165) is 12.5 Å². The van der Waals surface area contributed by atoms with Gasteiger partial charge in [-0.1, -0.05) is 0 Å². The molecular formula is C9H9F2N3O3. The number of halogens is 2. The van der Waals surface area contributed by atoms with Gasteiger partial charge in [0.15, 0.2) is 0 Å². The molecule has 1 aliphatic rings. The molecule has 0 aromatic carbocycles. The van der Waals surface area contributed by atoms with Crippen LogP contribution < -0.4 is 0 Å². The second-order valence-electron chi connectivity index (χ2n) is 3.96. The summed E-state index contributed by atoms with van der Waals surface area (Å²) in [6.07, 6.45) is -0.190. The largest absolute Gasteiger partial charge is 0.316 e. The predicted octanol–water partition coefficient (Wildman–Crippen LogP) is 1.88. The second-order valence-corrected chi connectivity index (χ2v) is 3.96. The molecule has 0 amide bonds.